The third-order valence-electron chi connectivity index (χ3n) is 2.63. The number of nitrogens with one attached hydrogen (secondary N) is 1. The summed E-state index contributed by atoms with van der Waals surface area (Å²) in [6, 6.07) is 4.61. The smallest absolute Gasteiger partial charge is 0.298 e. The lowest BCUT2D eigenvalue weighted by molar-refractivity contribution is -0.137. The van der Waals surface area contributed by atoms with Crippen molar-refractivity contribution in [2.24, 2.45) is 0 Å². The maximum atomic E-state index is 12.3. The molecular formula is C12H12F3N3S. The second-order valence-corrected chi connectivity index (χ2v) is 5.36. The van der Waals surface area contributed by atoms with Crippen molar-refractivity contribution in [3.05, 3.63) is 23.9 Å². The normalized spacial score (nSPS) is 16.9. The van der Waals surface area contributed by atoms with Gasteiger partial charge in [-0.15, -0.1) is 11.8 Å². The van der Waals surface area contributed by atoms with E-state index < -0.39 is 11.7 Å². The van der Waals surface area contributed by atoms with Gasteiger partial charge in [-0.25, -0.2) is 4.98 Å². The molecule has 0 bridgehead atoms. The zero-order chi connectivity index (χ0) is 13.9. The van der Waals surface area contributed by atoms with Gasteiger partial charge < -0.3 is 0 Å². The molecule has 0 saturated heterocycles. The Labute approximate surface area is 113 Å². The summed E-state index contributed by atoms with van der Waals surface area (Å²) in [6.45, 7) is 0. The van der Waals surface area contributed by atoms with E-state index in [0.717, 1.165) is 25.1 Å². The Morgan fingerprint density at radius 3 is 2.68 bits per heavy atom. The Balaban J connectivity index is 1.87. The molecule has 0 aliphatic heterocycles. The molecule has 7 heteroatoms. The van der Waals surface area contributed by atoms with Crippen LogP contribution in [0.5, 0.6) is 0 Å². The van der Waals surface area contributed by atoms with E-state index in [0.29, 0.717) is 16.8 Å². The SMILES string of the molecule is N#CC(CSc1ccc(C(F)(F)F)cn1)NC1CC1. The van der Waals surface area contributed by atoms with Crippen molar-refractivity contribution in [2.45, 2.75) is 36.1 Å². The minimum absolute atomic E-state index is 0.290. The van der Waals surface area contributed by atoms with Crippen LogP contribution >= 0.6 is 11.8 Å². The molecule has 1 aromatic heterocycles. The largest absolute Gasteiger partial charge is 0.417 e. The molecule has 0 radical (unpaired) electrons. The average molecular weight is 287 g/mol. The molecule has 1 aliphatic carbocycles. The zero-order valence-electron chi connectivity index (χ0n) is 9.94. The first-order valence-electron chi connectivity index (χ1n) is 5.81. The van der Waals surface area contributed by atoms with E-state index >= 15 is 0 Å². The van der Waals surface area contributed by atoms with Crippen LogP contribution in [0.15, 0.2) is 23.4 Å². The van der Waals surface area contributed by atoms with Crippen LogP contribution < -0.4 is 5.32 Å². The van der Waals surface area contributed by atoms with Crippen LogP contribution in [-0.2, 0) is 6.18 Å². The van der Waals surface area contributed by atoms with Gasteiger partial charge in [0.25, 0.3) is 0 Å². The molecule has 0 amide bonds. The van der Waals surface area contributed by atoms with Crippen LogP contribution in [0.2, 0.25) is 0 Å². The molecule has 1 aromatic rings. The third-order valence-corrected chi connectivity index (χ3v) is 3.67. The summed E-state index contributed by atoms with van der Waals surface area (Å²) in [5.74, 6) is 0.478. The van der Waals surface area contributed by atoms with Gasteiger partial charge in [-0.05, 0) is 25.0 Å². The Hall–Kier alpha value is -1.26. The number of pyridine rings is 1. The third kappa shape index (κ3) is 4.40. The molecule has 1 aliphatic rings. The van der Waals surface area contributed by atoms with Crippen LogP contribution in [0.4, 0.5) is 13.2 Å². The van der Waals surface area contributed by atoms with Crippen molar-refractivity contribution in [1.29, 1.82) is 5.26 Å². The number of nitriles is 1. The molecule has 0 aromatic carbocycles. The van der Waals surface area contributed by atoms with Gasteiger partial charge in [0.05, 0.1) is 16.7 Å². The van der Waals surface area contributed by atoms with Crippen molar-refractivity contribution < 1.29 is 13.2 Å². The van der Waals surface area contributed by atoms with E-state index in [1.165, 1.54) is 17.8 Å². The lowest BCUT2D eigenvalue weighted by atomic mass is 10.3. The highest BCUT2D eigenvalue weighted by molar-refractivity contribution is 7.99. The summed E-state index contributed by atoms with van der Waals surface area (Å²) >= 11 is 1.28. The molecule has 1 atom stereocenters. The maximum Gasteiger partial charge on any atom is 0.417 e. The van der Waals surface area contributed by atoms with E-state index in [1.54, 1.807) is 0 Å². The van der Waals surface area contributed by atoms with Gasteiger partial charge in [-0.2, -0.15) is 18.4 Å². The minimum atomic E-state index is -4.36. The molecule has 2 rings (SSSR count). The van der Waals surface area contributed by atoms with E-state index in [-0.39, 0.29) is 6.04 Å². The van der Waals surface area contributed by atoms with Gasteiger partial charge in [0.2, 0.25) is 0 Å². The standard InChI is InChI=1S/C12H12F3N3S/c13-12(14,15)8-1-4-11(17-6-8)19-7-10(5-16)18-9-2-3-9/h1,4,6,9-10,18H,2-3,7H2. The fraction of sp³-hybridized carbons (Fsp3) is 0.500. The highest BCUT2D eigenvalue weighted by Gasteiger charge is 2.30. The average Bonchev–Trinajstić information content (AvgIpc) is 3.18. The summed E-state index contributed by atoms with van der Waals surface area (Å²) in [5.41, 5.74) is -0.759. The van der Waals surface area contributed by atoms with E-state index in [1.807, 2.05) is 0 Å². The highest BCUT2D eigenvalue weighted by atomic mass is 32.2. The van der Waals surface area contributed by atoms with Crippen LogP contribution in [0.3, 0.4) is 0 Å². The van der Waals surface area contributed by atoms with Gasteiger partial charge in [-0.1, -0.05) is 0 Å². The number of hydrogen-bond acceptors (Lipinski definition) is 4. The Morgan fingerprint density at radius 2 is 2.21 bits per heavy atom. The van der Waals surface area contributed by atoms with Crippen molar-refractivity contribution in [1.82, 2.24) is 10.3 Å². The Bertz CT molecular complexity index is 463. The van der Waals surface area contributed by atoms with Gasteiger partial charge >= 0.3 is 6.18 Å². The summed E-state index contributed by atoms with van der Waals surface area (Å²) in [6.07, 6.45) is -1.38. The first kappa shape index (κ1) is 14.2. The lowest BCUT2D eigenvalue weighted by Gasteiger charge is -2.10. The number of hydrogen-bond donors (Lipinski definition) is 1. The molecular weight excluding hydrogens is 275 g/mol. The van der Waals surface area contributed by atoms with Crippen molar-refractivity contribution in [2.75, 3.05) is 5.75 Å². The van der Waals surface area contributed by atoms with Crippen LogP contribution in [0.25, 0.3) is 0 Å². The monoisotopic (exact) mass is 287 g/mol. The topological polar surface area (TPSA) is 48.7 Å². The van der Waals surface area contributed by atoms with Gasteiger partial charge in [-0.3, -0.25) is 5.32 Å². The molecule has 0 spiro atoms. The number of nitrogens with zero attached hydrogens (tertiary/aromatic N) is 2. The van der Waals surface area contributed by atoms with E-state index in [9.17, 15) is 13.2 Å². The summed E-state index contributed by atoms with van der Waals surface area (Å²) in [7, 11) is 0. The zero-order valence-corrected chi connectivity index (χ0v) is 10.8. The summed E-state index contributed by atoms with van der Waals surface area (Å²) in [5, 5.41) is 12.6. The highest BCUT2D eigenvalue weighted by Crippen LogP contribution is 2.29. The fourth-order valence-electron chi connectivity index (χ4n) is 1.46. The lowest BCUT2D eigenvalue weighted by Crippen LogP contribution is -2.31. The number of thioether (sulfide) groups is 1. The summed E-state index contributed by atoms with van der Waals surface area (Å²) < 4.78 is 37.0. The van der Waals surface area contributed by atoms with Crippen LogP contribution in [-0.4, -0.2) is 22.8 Å². The van der Waals surface area contributed by atoms with Crippen molar-refractivity contribution in [3.63, 3.8) is 0 Å². The molecule has 102 valence electrons. The Kier molecular flexibility index (Phi) is 4.32. The first-order valence-corrected chi connectivity index (χ1v) is 6.79. The number of aromatic nitrogens is 1. The predicted octanol–water partition coefficient (Wildman–Crippen LogP) is 2.84. The van der Waals surface area contributed by atoms with Crippen molar-refractivity contribution >= 4 is 11.8 Å². The maximum absolute atomic E-state index is 12.3. The fourth-order valence-corrected chi connectivity index (χ4v) is 2.26. The van der Waals surface area contributed by atoms with E-state index in [2.05, 4.69) is 16.4 Å². The van der Waals surface area contributed by atoms with Gasteiger partial charge in [0.15, 0.2) is 0 Å². The predicted molar refractivity (Wildman–Crippen MR) is 65.5 cm³/mol. The molecule has 1 heterocycles. The van der Waals surface area contributed by atoms with Crippen molar-refractivity contribution in [3.8, 4) is 6.07 Å². The second-order valence-electron chi connectivity index (χ2n) is 4.32. The molecule has 1 saturated carbocycles. The van der Waals surface area contributed by atoms with E-state index in [4.69, 9.17) is 5.26 Å². The molecule has 1 unspecified atom stereocenters. The molecule has 3 nitrogen and oxygen atoms in total. The number of rotatable bonds is 5. The minimum Gasteiger partial charge on any atom is -0.298 e. The molecule has 1 fully saturated rings. The second kappa shape index (κ2) is 5.80. The summed E-state index contributed by atoms with van der Waals surface area (Å²) in [4.78, 5) is 3.75. The molecule has 19 heavy (non-hydrogen) atoms. The quantitative estimate of drug-likeness (QED) is 0.846. The van der Waals surface area contributed by atoms with Crippen LogP contribution in [0.1, 0.15) is 18.4 Å². The number of alkyl halides is 3. The van der Waals surface area contributed by atoms with Crippen LogP contribution in [0, 0.1) is 11.3 Å². The van der Waals surface area contributed by atoms with Gasteiger partial charge in [0, 0.05) is 18.0 Å². The molecule has 1 N–H and O–H groups in total. The van der Waals surface area contributed by atoms with Gasteiger partial charge in [0.1, 0.15) is 6.04 Å². The Morgan fingerprint density at radius 1 is 1.47 bits per heavy atom. The first-order chi connectivity index (χ1) is 8.99. The number of halogens is 3.